The van der Waals surface area contributed by atoms with Gasteiger partial charge in [0.05, 0.1) is 22.4 Å². The standard InChI is InChI=1S/C43H27BN2O3/c1-26-12-11-18-34-42(26)49-38-21-10-7-17-33(38)45(34)28-22-23-29-30-25-39-40-43(41(30)46(35(29)24-28)27-13-3-2-4-14-27)48-37-20-9-6-16-32(37)44(40)31-15-5-8-19-36(31)47-39/h2-25H,1H3. The molecule has 3 aliphatic rings. The number of rotatable bonds is 2. The Morgan fingerprint density at radius 2 is 1.16 bits per heavy atom. The average Bonchev–Trinajstić information content (AvgIpc) is 3.48. The minimum Gasteiger partial charge on any atom is -0.458 e. The number of nitrogens with zero attached hydrogens (tertiary/aromatic N) is 2. The summed E-state index contributed by atoms with van der Waals surface area (Å²) in [5.41, 5.74) is 10.7. The van der Waals surface area contributed by atoms with Gasteiger partial charge in [0.1, 0.15) is 17.2 Å². The summed E-state index contributed by atoms with van der Waals surface area (Å²) in [6, 6.07) is 50.9. The molecule has 0 unspecified atom stereocenters. The molecule has 0 N–H and O–H groups in total. The first-order chi connectivity index (χ1) is 24.2. The molecule has 8 aromatic rings. The first kappa shape index (κ1) is 26.6. The summed E-state index contributed by atoms with van der Waals surface area (Å²) >= 11 is 0. The van der Waals surface area contributed by atoms with Crippen molar-refractivity contribution in [1.29, 1.82) is 0 Å². The van der Waals surface area contributed by atoms with Gasteiger partial charge in [-0.05, 0) is 84.1 Å². The van der Waals surface area contributed by atoms with Gasteiger partial charge >= 0.3 is 0 Å². The highest BCUT2D eigenvalue weighted by molar-refractivity contribution is 6.98. The van der Waals surface area contributed by atoms with Crippen LogP contribution in [0.25, 0.3) is 27.5 Å². The van der Waals surface area contributed by atoms with E-state index in [0.717, 1.165) is 101 Å². The highest BCUT2D eigenvalue weighted by atomic mass is 16.5. The SMILES string of the molecule is Cc1cccc2c1Oc1ccccc1N2c1ccc2c3cc4c5c(c3n(-c3ccccc3)c2c1)Oc1ccccc1B5c1ccccc1O4. The molecular weight excluding hydrogens is 603 g/mol. The molecule has 49 heavy (non-hydrogen) atoms. The van der Waals surface area contributed by atoms with Crippen molar-refractivity contribution in [3.63, 3.8) is 0 Å². The number of para-hydroxylation sites is 6. The smallest absolute Gasteiger partial charge is 0.260 e. The number of aryl methyl sites for hydroxylation is 1. The van der Waals surface area contributed by atoms with Crippen molar-refractivity contribution in [3.05, 3.63) is 151 Å². The lowest BCUT2D eigenvalue weighted by Crippen LogP contribution is -2.57. The quantitative estimate of drug-likeness (QED) is 0.178. The Hall–Kier alpha value is -6.40. The van der Waals surface area contributed by atoms with Crippen molar-refractivity contribution in [3.8, 4) is 40.2 Å². The molecule has 0 saturated carbocycles. The minimum absolute atomic E-state index is 0.00769. The van der Waals surface area contributed by atoms with Crippen molar-refractivity contribution < 1.29 is 14.2 Å². The summed E-state index contributed by atoms with van der Waals surface area (Å²) in [4.78, 5) is 2.31. The predicted octanol–water partition coefficient (Wildman–Crippen LogP) is 9.40. The van der Waals surface area contributed by atoms with Crippen molar-refractivity contribution in [2.24, 2.45) is 0 Å². The Balaban J connectivity index is 1.24. The van der Waals surface area contributed by atoms with E-state index in [0.29, 0.717) is 0 Å². The molecule has 1 aromatic heterocycles. The fraction of sp³-hybridized carbons (Fsp3) is 0.0233. The van der Waals surface area contributed by atoms with Crippen molar-refractivity contribution in [2.75, 3.05) is 4.90 Å². The summed E-state index contributed by atoms with van der Waals surface area (Å²) in [5, 5.41) is 2.20. The van der Waals surface area contributed by atoms with E-state index in [1.165, 1.54) is 0 Å². The normalized spacial score (nSPS) is 13.4. The maximum atomic E-state index is 6.97. The molecule has 0 saturated heterocycles. The van der Waals surface area contributed by atoms with Crippen molar-refractivity contribution in [1.82, 2.24) is 4.57 Å². The van der Waals surface area contributed by atoms with Gasteiger partial charge in [0.2, 0.25) is 0 Å². The van der Waals surface area contributed by atoms with Crippen LogP contribution in [0.3, 0.4) is 0 Å². The predicted molar refractivity (Wildman–Crippen MR) is 198 cm³/mol. The van der Waals surface area contributed by atoms with E-state index in [1.807, 2.05) is 18.2 Å². The van der Waals surface area contributed by atoms with Crippen LogP contribution in [0.5, 0.6) is 34.5 Å². The van der Waals surface area contributed by atoms with E-state index in [-0.39, 0.29) is 6.71 Å². The molecule has 0 amide bonds. The fourth-order valence-electron chi connectivity index (χ4n) is 8.09. The van der Waals surface area contributed by atoms with Crippen LogP contribution in [-0.2, 0) is 0 Å². The minimum atomic E-state index is -0.00769. The van der Waals surface area contributed by atoms with E-state index in [4.69, 9.17) is 14.2 Å². The molecule has 11 rings (SSSR count). The van der Waals surface area contributed by atoms with Crippen LogP contribution < -0.4 is 35.5 Å². The molecule has 0 aliphatic carbocycles. The highest BCUT2D eigenvalue weighted by Gasteiger charge is 2.42. The lowest BCUT2D eigenvalue weighted by molar-refractivity contribution is 0.467. The third kappa shape index (κ3) is 3.66. The molecule has 6 heteroatoms. The Bertz CT molecular complexity index is 2670. The summed E-state index contributed by atoms with van der Waals surface area (Å²) in [5.74, 6) is 5.14. The first-order valence-corrected chi connectivity index (χ1v) is 16.6. The van der Waals surface area contributed by atoms with Crippen LogP contribution in [0.1, 0.15) is 5.56 Å². The van der Waals surface area contributed by atoms with Crippen LogP contribution in [0, 0.1) is 6.92 Å². The van der Waals surface area contributed by atoms with Gasteiger partial charge < -0.3 is 23.7 Å². The summed E-state index contributed by atoms with van der Waals surface area (Å²) in [6.07, 6.45) is 0. The van der Waals surface area contributed by atoms with Crippen LogP contribution >= 0.6 is 0 Å². The van der Waals surface area contributed by atoms with Gasteiger partial charge in [-0.25, -0.2) is 0 Å². The average molecular weight is 631 g/mol. The Morgan fingerprint density at radius 3 is 1.98 bits per heavy atom. The third-order valence-corrected chi connectivity index (χ3v) is 10.2. The molecule has 0 spiro atoms. The summed E-state index contributed by atoms with van der Waals surface area (Å²) in [7, 11) is 0. The second kappa shape index (κ2) is 9.81. The Labute approximate surface area is 283 Å². The molecule has 0 atom stereocenters. The van der Waals surface area contributed by atoms with E-state index < -0.39 is 0 Å². The lowest BCUT2D eigenvalue weighted by atomic mass is 9.35. The van der Waals surface area contributed by atoms with Crippen molar-refractivity contribution >= 4 is 62.0 Å². The van der Waals surface area contributed by atoms with Gasteiger partial charge in [0, 0.05) is 27.6 Å². The number of fused-ring (bicyclic) bond motifs is 10. The van der Waals surface area contributed by atoms with Crippen LogP contribution in [0.4, 0.5) is 17.1 Å². The number of hydrogen-bond donors (Lipinski definition) is 0. The topological polar surface area (TPSA) is 35.9 Å². The van der Waals surface area contributed by atoms with E-state index >= 15 is 0 Å². The van der Waals surface area contributed by atoms with Gasteiger partial charge in [-0.1, -0.05) is 84.9 Å². The van der Waals surface area contributed by atoms with Gasteiger partial charge in [-0.15, -0.1) is 0 Å². The molecular formula is C43H27BN2O3. The first-order valence-electron chi connectivity index (χ1n) is 16.6. The van der Waals surface area contributed by atoms with E-state index in [2.05, 4.69) is 144 Å². The molecule has 3 aliphatic heterocycles. The maximum Gasteiger partial charge on any atom is 0.260 e. The molecule has 0 bridgehead atoms. The number of ether oxygens (including phenoxy) is 3. The zero-order valence-corrected chi connectivity index (χ0v) is 26.6. The monoisotopic (exact) mass is 630 g/mol. The highest BCUT2D eigenvalue weighted by Crippen LogP contribution is 2.52. The molecule has 5 nitrogen and oxygen atoms in total. The Morgan fingerprint density at radius 1 is 0.490 bits per heavy atom. The molecule has 0 fully saturated rings. The Kier molecular flexibility index (Phi) is 5.34. The van der Waals surface area contributed by atoms with Gasteiger partial charge in [0.25, 0.3) is 6.71 Å². The summed E-state index contributed by atoms with van der Waals surface area (Å²) in [6.45, 7) is 2.09. The summed E-state index contributed by atoms with van der Waals surface area (Å²) < 4.78 is 22.5. The number of benzene rings is 7. The van der Waals surface area contributed by atoms with Gasteiger partial charge in [-0.2, -0.15) is 0 Å². The van der Waals surface area contributed by atoms with E-state index in [9.17, 15) is 0 Å². The molecule has 230 valence electrons. The van der Waals surface area contributed by atoms with Crippen molar-refractivity contribution in [2.45, 2.75) is 6.92 Å². The van der Waals surface area contributed by atoms with Crippen LogP contribution in [-0.4, -0.2) is 11.3 Å². The van der Waals surface area contributed by atoms with Crippen LogP contribution in [0.2, 0.25) is 0 Å². The molecule has 0 radical (unpaired) electrons. The fourth-order valence-corrected chi connectivity index (χ4v) is 8.09. The maximum absolute atomic E-state index is 6.97. The second-order valence-corrected chi connectivity index (χ2v) is 12.9. The van der Waals surface area contributed by atoms with E-state index in [1.54, 1.807) is 0 Å². The number of aromatic nitrogens is 1. The zero-order chi connectivity index (χ0) is 32.2. The largest absolute Gasteiger partial charge is 0.458 e. The second-order valence-electron chi connectivity index (χ2n) is 12.9. The molecule has 4 heterocycles. The van der Waals surface area contributed by atoms with Gasteiger partial charge in [-0.3, -0.25) is 0 Å². The number of anilines is 3. The number of hydrogen-bond acceptors (Lipinski definition) is 4. The lowest BCUT2D eigenvalue weighted by Gasteiger charge is -2.33. The zero-order valence-electron chi connectivity index (χ0n) is 26.6. The van der Waals surface area contributed by atoms with Crippen LogP contribution in [0.15, 0.2) is 146 Å². The van der Waals surface area contributed by atoms with Gasteiger partial charge in [0.15, 0.2) is 17.2 Å². The third-order valence-electron chi connectivity index (χ3n) is 10.2. The molecule has 7 aromatic carbocycles.